The topological polar surface area (TPSA) is 84.3 Å². The summed E-state index contributed by atoms with van der Waals surface area (Å²) in [5.41, 5.74) is -6.89. The lowest BCUT2D eigenvalue weighted by molar-refractivity contribution is -0.137. The Balaban J connectivity index is 2.29. The summed E-state index contributed by atoms with van der Waals surface area (Å²) in [6, 6.07) is 1.53. The third-order valence-electron chi connectivity index (χ3n) is 5.21. The van der Waals surface area contributed by atoms with Crippen molar-refractivity contribution in [3.63, 3.8) is 0 Å². The molecule has 0 saturated carbocycles. The SMILES string of the molecule is COC1(CO)CSc2c(-c3cc(Cl)c(F)cc3F)c(C(F)(F)F)cc3c(=O)[nH]c(=O)n1c23. The van der Waals surface area contributed by atoms with Crippen LogP contribution in [0.1, 0.15) is 5.56 Å². The molecule has 2 N–H and O–H groups in total. The summed E-state index contributed by atoms with van der Waals surface area (Å²) >= 11 is 6.43. The molecule has 2 aromatic carbocycles. The molecule has 0 bridgehead atoms. The molecule has 6 nitrogen and oxygen atoms in total. The molecule has 1 atom stereocenters. The number of hydrogen-bond donors (Lipinski definition) is 2. The minimum atomic E-state index is -5.05. The summed E-state index contributed by atoms with van der Waals surface area (Å²) in [6.07, 6.45) is -5.05. The molecule has 3 aromatic rings. The standard InChI is InChI=1S/C19H12ClF5N2O4S/c1-31-18(5-28)6-32-15-13(7-3-10(20)12(22)4-11(7)21)9(19(23,24)25)2-8-14(15)27(18)17(30)26-16(8)29/h2-4,28H,5-6H2,1H3,(H,26,29,30). The zero-order valence-corrected chi connectivity index (χ0v) is 17.5. The largest absolute Gasteiger partial charge is 0.417 e. The number of hydrogen-bond acceptors (Lipinski definition) is 5. The van der Waals surface area contributed by atoms with Crippen molar-refractivity contribution in [2.75, 3.05) is 19.5 Å². The zero-order valence-electron chi connectivity index (χ0n) is 15.9. The van der Waals surface area contributed by atoms with Gasteiger partial charge in [0.1, 0.15) is 11.6 Å². The molecule has 2 heterocycles. The van der Waals surface area contributed by atoms with Gasteiger partial charge in [-0.1, -0.05) is 11.6 Å². The maximum Gasteiger partial charge on any atom is 0.417 e. The van der Waals surface area contributed by atoms with Crippen molar-refractivity contribution < 1.29 is 31.8 Å². The molecule has 0 aliphatic carbocycles. The lowest BCUT2D eigenvalue weighted by Gasteiger charge is -2.37. The Labute approximate surface area is 184 Å². The van der Waals surface area contributed by atoms with Crippen LogP contribution in [0.2, 0.25) is 5.02 Å². The molecule has 1 aliphatic heterocycles. The van der Waals surface area contributed by atoms with Crippen LogP contribution in [0.5, 0.6) is 0 Å². The van der Waals surface area contributed by atoms with Crippen LogP contribution in [0.25, 0.3) is 22.0 Å². The maximum atomic E-state index is 14.7. The molecular formula is C19H12ClF5N2O4S. The lowest BCUT2D eigenvalue weighted by atomic mass is 9.95. The Bertz CT molecular complexity index is 1380. The fourth-order valence-electron chi connectivity index (χ4n) is 3.68. The maximum absolute atomic E-state index is 14.7. The number of aromatic amines is 1. The number of halogens is 6. The van der Waals surface area contributed by atoms with E-state index in [1.807, 2.05) is 4.98 Å². The fraction of sp³-hybridized carbons (Fsp3) is 0.263. The van der Waals surface area contributed by atoms with Gasteiger partial charge < -0.3 is 9.84 Å². The molecule has 0 spiro atoms. The Hall–Kier alpha value is -2.41. The summed E-state index contributed by atoms with van der Waals surface area (Å²) < 4.78 is 76.6. The molecular weight excluding hydrogens is 483 g/mol. The summed E-state index contributed by atoms with van der Waals surface area (Å²) in [5, 5.41) is 8.76. The van der Waals surface area contributed by atoms with E-state index >= 15 is 0 Å². The minimum Gasteiger partial charge on any atom is -0.391 e. The van der Waals surface area contributed by atoms with Crippen molar-refractivity contribution in [3.05, 3.63) is 61.3 Å². The Kier molecular flexibility index (Phi) is 5.39. The van der Waals surface area contributed by atoms with E-state index in [4.69, 9.17) is 16.3 Å². The number of rotatable bonds is 3. The first kappa shape index (κ1) is 22.8. The Morgan fingerprint density at radius 1 is 1.25 bits per heavy atom. The monoisotopic (exact) mass is 494 g/mol. The number of H-pyrrole nitrogens is 1. The number of thioether (sulfide) groups is 1. The number of ether oxygens (including phenoxy) is 1. The zero-order chi connectivity index (χ0) is 23.6. The number of aromatic nitrogens is 2. The molecule has 1 aromatic heterocycles. The van der Waals surface area contributed by atoms with E-state index in [1.165, 1.54) is 7.11 Å². The van der Waals surface area contributed by atoms with Crippen LogP contribution in [0.4, 0.5) is 22.0 Å². The molecule has 4 rings (SSSR count). The summed E-state index contributed by atoms with van der Waals surface area (Å²) in [6.45, 7) is -0.746. The van der Waals surface area contributed by atoms with E-state index in [9.17, 15) is 36.6 Å². The van der Waals surface area contributed by atoms with Gasteiger partial charge >= 0.3 is 11.9 Å². The molecule has 13 heteroatoms. The third kappa shape index (κ3) is 3.24. The normalized spacial score (nSPS) is 18.4. The molecule has 0 amide bonds. The first-order chi connectivity index (χ1) is 14.9. The quantitative estimate of drug-likeness (QED) is 0.428. The van der Waals surface area contributed by atoms with Crippen molar-refractivity contribution in [1.82, 2.24) is 9.55 Å². The average Bonchev–Trinajstić information content (AvgIpc) is 2.72. The third-order valence-corrected chi connectivity index (χ3v) is 6.78. The van der Waals surface area contributed by atoms with Crippen molar-refractivity contribution in [3.8, 4) is 11.1 Å². The second-order valence-electron chi connectivity index (χ2n) is 6.96. The van der Waals surface area contributed by atoms with Crippen LogP contribution < -0.4 is 11.2 Å². The van der Waals surface area contributed by atoms with Gasteiger partial charge in [0.15, 0.2) is 5.72 Å². The Morgan fingerprint density at radius 2 is 1.94 bits per heavy atom. The van der Waals surface area contributed by atoms with Gasteiger partial charge in [0, 0.05) is 35.0 Å². The van der Waals surface area contributed by atoms with Gasteiger partial charge in [-0.25, -0.2) is 13.6 Å². The predicted octanol–water partition coefficient (Wildman–Crippen LogP) is 3.70. The highest BCUT2D eigenvalue weighted by Gasteiger charge is 2.43. The fourth-order valence-corrected chi connectivity index (χ4v) is 5.25. The number of aliphatic hydroxyl groups is 1. The lowest BCUT2D eigenvalue weighted by Crippen LogP contribution is -2.51. The second-order valence-corrected chi connectivity index (χ2v) is 8.35. The van der Waals surface area contributed by atoms with Gasteiger partial charge in [-0.05, 0) is 12.1 Å². The number of nitrogens with zero attached hydrogens (tertiary/aromatic N) is 1. The van der Waals surface area contributed by atoms with Gasteiger partial charge in [-0.3, -0.25) is 14.3 Å². The van der Waals surface area contributed by atoms with Gasteiger partial charge in [0.05, 0.1) is 28.1 Å². The van der Waals surface area contributed by atoms with E-state index in [2.05, 4.69) is 0 Å². The summed E-state index contributed by atoms with van der Waals surface area (Å²) in [4.78, 5) is 26.7. The molecule has 0 saturated heterocycles. The average molecular weight is 495 g/mol. The molecule has 0 radical (unpaired) electrons. The van der Waals surface area contributed by atoms with Gasteiger partial charge in [-0.2, -0.15) is 13.2 Å². The number of methoxy groups -OCH3 is 1. The summed E-state index contributed by atoms with van der Waals surface area (Å²) in [5.74, 6) is -2.74. The van der Waals surface area contributed by atoms with Crippen LogP contribution >= 0.6 is 23.4 Å². The molecule has 32 heavy (non-hydrogen) atoms. The highest BCUT2D eigenvalue weighted by atomic mass is 35.5. The van der Waals surface area contributed by atoms with Crippen LogP contribution in [-0.2, 0) is 16.6 Å². The first-order valence-corrected chi connectivity index (χ1v) is 10.2. The second kappa shape index (κ2) is 7.58. The van der Waals surface area contributed by atoms with Crippen LogP contribution in [0.15, 0.2) is 32.7 Å². The molecule has 170 valence electrons. The number of nitrogens with one attached hydrogen (secondary N) is 1. The van der Waals surface area contributed by atoms with Crippen molar-refractivity contribution >= 4 is 34.3 Å². The van der Waals surface area contributed by atoms with E-state index in [0.29, 0.717) is 18.2 Å². The molecule has 1 aliphatic rings. The number of aliphatic hydroxyl groups excluding tert-OH is 1. The highest BCUT2D eigenvalue weighted by Crippen LogP contribution is 2.49. The van der Waals surface area contributed by atoms with Gasteiger partial charge in [0.2, 0.25) is 0 Å². The van der Waals surface area contributed by atoms with Crippen LogP contribution in [0, 0.1) is 11.6 Å². The number of benzene rings is 2. The molecule has 1 unspecified atom stereocenters. The highest BCUT2D eigenvalue weighted by molar-refractivity contribution is 7.99. The van der Waals surface area contributed by atoms with Gasteiger partial charge in [0.25, 0.3) is 5.56 Å². The van der Waals surface area contributed by atoms with E-state index in [1.54, 1.807) is 0 Å². The van der Waals surface area contributed by atoms with Crippen LogP contribution in [-0.4, -0.2) is 34.1 Å². The number of alkyl halides is 3. The smallest absolute Gasteiger partial charge is 0.391 e. The van der Waals surface area contributed by atoms with E-state index in [0.717, 1.165) is 16.3 Å². The predicted molar refractivity (Wildman–Crippen MR) is 107 cm³/mol. The summed E-state index contributed by atoms with van der Waals surface area (Å²) in [7, 11) is 1.18. The van der Waals surface area contributed by atoms with Crippen molar-refractivity contribution in [2.24, 2.45) is 0 Å². The van der Waals surface area contributed by atoms with Crippen LogP contribution in [0.3, 0.4) is 0 Å². The molecule has 0 fully saturated rings. The van der Waals surface area contributed by atoms with E-state index < -0.39 is 68.5 Å². The van der Waals surface area contributed by atoms with Gasteiger partial charge in [-0.15, -0.1) is 11.8 Å². The minimum absolute atomic E-state index is 0.251. The van der Waals surface area contributed by atoms with Crippen molar-refractivity contribution in [1.29, 1.82) is 0 Å². The first-order valence-electron chi connectivity index (χ1n) is 8.82. The van der Waals surface area contributed by atoms with E-state index in [-0.39, 0.29) is 16.2 Å². The van der Waals surface area contributed by atoms with Crippen molar-refractivity contribution in [2.45, 2.75) is 16.8 Å². The Morgan fingerprint density at radius 3 is 2.53 bits per heavy atom.